The SMILES string of the molecule is C=Cc1ccccc1-c1c(F)ccc2c(N)c(CO)c(CN(C)C3CCC3)nc12. The van der Waals surface area contributed by atoms with E-state index in [1.54, 1.807) is 12.1 Å². The Morgan fingerprint density at radius 1 is 1.28 bits per heavy atom. The molecule has 29 heavy (non-hydrogen) atoms. The molecule has 0 aliphatic heterocycles. The second kappa shape index (κ2) is 7.93. The van der Waals surface area contributed by atoms with Crippen molar-refractivity contribution in [3.05, 3.63) is 65.6 Å². The molecule has 1 aliphatic carbocycles. The quantitative estimate of drug-likeness (QED) is 0.637. The highest BCUT2D eigenvalue weighted by molar-refractivity contribution is 6.02. The zero-order chi connectivity index (χ0) is 20.5. The molecule has 1 aliphatic rings. The molecular formula is C24H26FN3O. The van der Waals surface area contributed by atoms with Gasteiger partial charge in [0.05, 0.1) is 17.8 Å². The van der Waals surface area contributed by atoms with Crippen LogP contribution in [0.5, 0.6) is 0 Å². The molecule has 0 radical (unpaired) electrons. The monoisotopic (exact) mass is 391 g/mol. The number of fused-ring (bicyclic) bond motifs is 1. The van der Waals surface area contributed by atoms with Crippen molar-refractivity contribution in [1.29, 1.82) is 0 Å². The Morgan fingerprint density at radius 3 is 2.69 bits per heavy atom. The lowest BCUT2D eigenvalue weighted by atomic mass is 9.91. The zero-order valence-corrected chi connectivity index (χ0v) is 16.7. The topological polar surface area (TPSA) is 62.4 Å². The normalized spacial score (nSPS) is 14.3. The third-order valence-electron chi connectivity index (χ3n) is 6.04. The van der Waals surface area contributed by atoms with Gasteiger partial charge < -0.3 is 10.8 Å². The molecule has 2 aromatic carbocycles. The summed E-state index contributed by atoms with van der Waals surface area (Å²) in [6, 6.07) is 11.1. The number of aliphatic hydroxyl groups is 1. The first-order chi connectivity index (χ1) is 14.0. The maximum Gasteiger partial charge on any atom is 0.133 e. The van der Waals surface area contributed by atoms with Gasteiger partial charge in [0, 0.05) is 34.8 Å². The number of halogens is 1. The number of anilines is 1. The van der Waals surface area contributed by atoms with E-state index in [0.717, 1.165) is 11.1 Å². The van der Waals surface area contributed by atoms with E-state index in [1.165, 1.54) is 25.3 Å². The van der Waals surface area contributed by atoms with Crippen LogP contribution >= 0.6 is 0 Å². The molecule has 0 bridgehead atoms. The van der Waals surface area contributed by atoms with Crippen LogP contribution in [0.15, 0.2) is 43.0 Å². The number of aliphatic hydroxyl groups excluding tert-OH is 1. The van der Waals surface area contributed by atoms with Crippen LogP contribution in [0, 0.1) is 5.82 Å². The van der Waals surface area contributed by atoms with Gasteiger partial charge in [0.1, 0.15) is 5.82 Å². The number of hydrogen-bond acceptors (Lipinski definition) is 4. The molecule has 4 rings (SSSR count). The maximum atomic E-state index is 15.0. The van der Waals surface area contributed by atoms with E-state index in [9.17, 15) is 5.11 Å². The average molecular weight is 391 g/mol. The number of nitrogens with zero attached hydrogens (tertiary/aromatic N) is 2. The van der Waals surface area contributed by atoms with E-state index in [1.807, 2.05) is 24.3 Å². The zero-order valence-electron chi connectivity index (χ0n) is 16.7. The van der Waals surface area contributed by atoms with Crippen LogP contribution in [-0.2, 0) is 13.2 Å². The van der Waals surface area contributed by atoms with Gasteiger partial charge in [-0.25, -0.2) is 4.39 Å². The first-order valence-electron chi connectivity index (χ1n) is 9.97. The van der Waals surface area contributed by atoms with E-state index in [4.69, 9.17) is 10.7 Å². The third kappa shape index (κ3) is 3.41. The van der Waals surface area contributed by atoms with Crippen molar-refractivity contribution in [2.75, 3.05) is 12.8 Å². The summed E-state index contributed by atoms with van der Waals surface area (Å²) in [5, 5.41) is 10.6. The van der Waals surface area contributed by atoms with Crippen LogP contribution < -0.4 is 5.73 Å². The summed E-state index contributed by atoms with van der Waals surface area (Å²) in [6.45, 7) is 4.23. The number of nitrogens with two attached hydrogens (primary N) is 1. The number of hydrogen-bond donors (Lipinski definition) is 2. The highest BCUT2D eigenvalue weighted by Crippen LogP contribution is 2.37. The lowest BCUT2D eigenvalue weighted by molar-refractivity contribution is 0.150. The predicted molar refractivity (Wildman–Crippen MR) is 117 cm³/mol. The second-order valence-corrected chi connectivity index (χ2v) is 7.72. The van der Waals surface area contributed by atoms with Crippen LogP contribution in [0.3, 0.4) is 0 Å². The molecule has 1 fully saturated rings. The average Bonchev–Trinajstić information content (AvgIpc) is 2.67. The van der Waals surface area contributed by atoms with E-state index in [0.29, 0.717) is 46.0 Å². The van der Waals surface area contributed by atoms with Gasteiger partial charge in [-0.2, -0.15) is 0 Å². The van der Waals surface area contributed by atoms with E-state index in [2.05, 4.69) is 18.5 Å². The lowest BCUT2D eigenvalue weighted by Crippen LogP contribution is -2.37. The van der Waals surface area contributed by atoms with Crippen LogP contribution in [-0.4, -0.2) is 28.1 Å². The molecule has 3 N–H and O–H groups in total. The highest BCUT2D eigenvalue weighted by Gasteiger charge is 2.25. The number of benzene rings is 2. The summed E-state index contributed by atoms with van der Waals surface area (Å²) >= 11 is 0. The largest absolute Gasteiger partial charge is 0.398 e. The number of aromatic nitrogens is 1. The van der Waals surface area contributed by atoms with Crippen molar-refractivity contribution >= 4 is 22.7 Å². The van der Waals surface area contributed by atoms with Gasteiger partial charge in [-0.15, -0.1) is 0 Å². The van der Waals surface area contributed by atoms with Crippen molar-refractivity contribution < 1.29 is 9.50 Å². The van der Waals surface area contributed by atoms with Crippen molar-refractivity contribution in [2.24, 2.45) is 0 Å². The van der Waals surface area contributed by atoms with E-state index >= 15 is 4.39 Å². The van der Waals surface area contributed by atoms with Gasteiger partial charge in [0.2, 0.25) is 0 Å². The van der Waals surface area contributed by atoms with E-state index in [-0.39, 0.29) is 12.4 Å². The first-order valence-corrected chi connectivity index (χ1v) is 9.97. The minimum absolute atomic E-state index is 0.196. The first kappa shape index (κ1) is 19.6. The third-order valence-corrected chi connectivity index (χ3v) is 6.04. The van der Waals surface area contributed by atoms with Crippen molar-refractivity contribution in [3.8, 4) is 11.1 Å². The van der Waals surface area contributed by atoms with Crippen LogP contribution in [0.25, 0.3) is 28.1 Å². The van der Waals surface area contributed by atoms with Gasteiger partial charge in [-0.05, 0) is 43.1 Å². The summed E-state index contributed by atoms with van der Waals surface area (Å²) in [4.78, 5) is 7.09. The maximum absolute atomic E-state index is 15.0. The fraction of sp³-hybridized carbons (Fsp3) is 0.292. The lowest BCUT2D eigenvalue weighted by Gasteiger charge is -2.35. The standard InChI is InChI=1S/C24H26FN3O/c1-3-15-7-4-5-10-17(15)22-20(25)12-11-18-23(26)19(14-29)21(27-24(18)22)13-28(2)16-8-6-9-16/h3-5,7,10-12,16,29H,1,6,8-9,13-14H2,2H3,(H2,26,27). The summed E-state index contributed by atoms with van der Waals surface area (Å²) in [5.41, 5.74) is 10.7. The molecule has 0 amide bonds. The molecule has 0 saturated heterocycles. The fourth-order valence-electron chi connectivity index (χ4n) is 4.08. The summed E-state index contributed by atoms with van der Waals surface area (Å²) in [7, 11) is 2.06. The number of nitrogen functional groups attached to an aromatic ring is 1. The predicted octanol–water partition coefficient (Wildman–Crippen LogP) is 4.74. The molecule has 3 aromatic rings. The Balaban J connectivity index is 1.94. The second-order valence-electron chi connectivity index (χ2n) is 7.72. The molecular weight excluding hydrogens is 365 g/mol. The molecule has 0 unspecified atom stereocenters. The molecule has 4 nitrogen and oxygen atoms in total. The Labute approximate surface area is 170 Å². The molecule has 5 heteroatoms. The van der Waals surface area contributed by atoms with Crippen molar-refractivity contribution in [2.45, 2.75) is 38.5 Å². The summed E-state index contributed by atoms with van der Waals surface area (Å²) < 4.78 is 15.0. The Kier molecular flexibility index (Phi) is 5.35. The van der Waals surface area contributed by atoms with Gasteiger partial charge in [-0.3, -0.25) is 9.88 Å². The minimum atomic E-state index is -0.353. The van der Waals surface area contributed by atoms with Crippen LogP contribution in [0.4, 0.5) is 10.1 Å². The van der Waals surface area contributed by atoms with Crippen molar-refractivity contribution in [1.82, 2.24) is 9.88 Å². The Morgan fingerprint density at radius 2 is 2.03 bits per heavy atom. The molecule has 1 saturated carbocycles. The Bertz CT molecular complexity index is 1080. The molecule has 150 valence electrons. The Hall–Kier alpha value is -2.76. The van der Waals surface area contributed by atoms with Gasteiger partial charge in [0.25, 0.3) is 0 Å². The fourth-order valence-corrected chi connectivity index (χ4v) is 4.08. The van der Waals surface area contributed by atoms with Crippen molar-refractivity contribution in [3.63, 3.8) is 0 Å². The molecule has 0 atom stereocenters. The van der Waals surface area contributed by atoms with Gasteiger partial charge >= 0.3 is 0 Å². The highest BCUT2D eigenvalue weighted by atomic mass is 19.1. The van der Waals surface area contributed by atoms with Gasteiger partial charge in [0.15, 0.2) is 0 Å². The van der Waals surface area contributed by atoms with Gasteiger partial charge in [-0.1, -0.05) is 43.3 Å². The van der Waals surface area contributed by atoms with Crippen LogP contribution in [0.2, 0.25) is 0 Å². The molecule has 1 heterocycles. The summed E-state index contributed by atoms with van der Waals surface area (Å²) in [5.74, 6) is -0.353. The van der Waals surface area contributed by atoms with E-state index < -0.39 is 0 Å². The van der Waals surface area contributed by atoms with Crippen LogP contribution in [0.1, 0.15) is 36.1 Å². The number of pyridine rings is 1. The smallest absolute Gasteiger partial charge is 0.133 e. The molecule has 0 spiro atoms. The minimum Gasteiger partial charge on any atom is -0.398 e. The number of rotatable bonds is 6. The summed E-state index contributed by atoms with van der Waals surface area (Å²) in [6.07, 6.45) is 5.29. The molecule has 1 aromatic heterocycles.